The van der Waals surface area contributed by atoms with Crippen LogP contribution in [0.3, 0.4) is 0 Å². The second-order valence-electron chi connectivity index (χ2n) is 6.56. The fourth-order valence-electron chi connectivity index (χ4n) is 3.58. The molecule has 4 nitrogen and oxygen atoms in total. The van der Waals surface area contributed by atoms with Crippen molar-refractivity contribution in [3.8, 4) is 5.00 Å². The fraction of sp³-hybridized carbons (Fsp3) is 0.500. The highest BCUT2D eigenvalue weighted by molar-refractivity contribution is 7.98. The van der Waals surface area contributed by atoms with Crippen molar-refractivity contribution < 1.29 is 13.6 Å². The molecule has 4 rings (SSSR count). The number of carbonyl (C=O) groups is 1. The number of nitrogens with zero attached hydrogens (tertiary/aromatic N) is 3. The molecule has 0 atom stereocenters. The first-order chi connectivity index (χ1) is 12.6. The van der Waals surface area contributed by atoms with E-state index in [2.05, 4.69) is 0 Å². The van der Waals surface area contributed by atoms with Gasteiger partial charge in [-0.2, -0.15) is 11.8 Å². The van der Waals surface area contributed by atoms with Crippen molar-refractivity contribution >= 4 is 29.0 Å². The van der Waals surface area contributed by atoms with Gasteiger partial charge in [-0.25, -0.2) is 8.78 Å². The number of fused-ring (bicyclic) bond motifs is 1. The lowest BCUT2D eigenvalue weighted by Gasteiger charge is -2.34. The minimum atomic E-state index is -2.32. The van der Waals surface area contributed by atoms with E-state index >= 15 is 0 Å². The number of amides is 1. The minimum Gasteiger partial charge on any atom is -0.336 e. The highest BCUT2D eigenvalue weighted by atomic mass is 32.2. The predicted molar refractivity (Wildman–Crippen MR) is 102 cm³/mol. The number of rotatable bonds is 4. The third kappa shape index (κ3) is 3.54. The van der Waals surface area contributed by atoms with Gasteiger partial charge in [0.2, 0.25) is 0 Å². The summed E-state index contributed by atoms with van der Waals surface area (Å²) in [6.07, 6.45) is 2.55. The van der Waals surface area contributed by atoms with E-state index < -0.39 is 6.43 Å². The van der Waals surface area contributed by atoms with E-state index in [4.69, 9.17) is 0 Å². The summed E-state index contributed by atoms with van der Waals surface area (Å²) in [4.78, 5) is 18.2. The monoisotopic (exact) mass is 397 g/mol. The summed E-state index contributed by atoms with van der Waals surface area (Å²) in [6.45, 7) is 1.84. The third-order valence-corrected chi connectivity index (χ3v) is 7.32. The lowest BCUT2D eigenvalue weighted by Crippen LogP contribution is -2.50. The first-order valence-electron chi connectivity index (χ1n) is 8.79. The van der Waals surface area contributed by atoms with Gasteiger partial charge in [0, 0.05) is 49.2 Å². The van der Waals surface area contributed by atoms with Gasteiger partial charge in [-0.1, -0.05) is 0 Å². The Balaban J connectivity index is 1.59. The molecule has 2 aromatic heterocycles. The number of hydrogen-bond donors (Lipinski definition) is 0. The summed E-state index contributed by atoms with van der Waals surface area (Å²) in [6, 6.07) is 3.93. The molecule has 1 saturated heterocycles. The van der Waals surface area contributed by atoms with Crippen molar-refractivity contribution in [2.24, 2.45) is 0 Å². The van der Waals surface area contributed by atoms with Crippen LogP contribution in [-0.2, 0) is 12.2 Å². The van der Waals surface area contributed by atoms with Crippen LogP contribution in [0.5, 0.6) is 0 Å². The Kier molecular flexibility index (Phi) is 5.33. The van der Waals surface area contributed by atoms with Crippen LogP contribution in [0.1, 0.15) is 20.8 Å². The van der Waals surface area contributed by atoms with Crippen molar-refractivity contribution in [2.45, 2.75) is 18.6 Å². The van der Waals surface area contributed by atoms with Gasteiger partial charge in [0.05, 0.1) is 12.1 Å². The van der Waals surface area contributed by atoms with Crippen molar-refractivity contribution in [3.63, 3.8) is 0 Å². The summed E-state index contributed by atoms with van der Waals surface area (Å²) in [5.41, 5.74) is 2.02. The maximum Gasteiger partial charge on any atom is 0.257 e. The van der Waals surface area contributed by atoms with E-state index in [1.165, 1.54) is 10.4 Å². The van der Waals surface area contributed by atoms with E-state index in [9.17, 15) is 13.6 Å². The molecule has 8 heteroatoms. The largest absolute Gasteiger partial charge is 0.336 e. The molecule has 0 saturated carbocycles. The standard InChI is InChI=1S/C18H21F2N3OS2/c19-15(20)11-21-6-8-22(9-7-21)17(24)16-13-3-10-25-12-14(13)26-18(16)23-4-1-2-5-23/h1-2,4-5,15H,3,6-12H2. The summed E-state index contributed by atoms with van der Waals surface area (Å²) in [7, 11) is 0. The molecular weight excluding hydrogens is 376 g/mol. The molecule has 26 heavy (non-hydrogen) atoms. The van der Waals surface area contributed by atoms with E-state index in [1.807, 2.05) is 45.8 Å². The van der Waals surface area contributed by atoms with Crippen molar-refractivity contribution in [1.82, 2.24) is 14.4 Å². The molecule has 2 aromatic rings. The SMILES string of the molecule is O=C(c1c(-n2cccc2)sc2c1CCSC2)N1CCN(CC(F)F)CC1. The minimum absolute atomic E-state index is 0.0507. The summed E-state index contributed by atoms with van der Waals surface area (Å²) in [5, 5.41) is 0.988. The van der Waals surface area contributed by atoms with Gasteiger partial charge in [0.25, 0.3) is 12.3 Å². The molecule has 1 amide bonds. The third-order valence-electron chi connectivity index (χ3n) is 4.91. The topological polar surface area (TPSA) is 28.5 Å². The zero-order valence-corrected chi connectivity index (χ0v) is 16.0. The zero-order valence-electron chi connectivity index (χ0n) is 14.4. The Hall–Kier alpha value is -1.38. The van der Waals surface area contributed by atoms with Crippen LogP contribution in [0.25, 0.3) is 5.00 Å². The molecule has 0 spiro atoms. The van der Waals surface area contributed by atoms with Gasteiger partial charge in [0.15, 0.2) is 0 Å². The molecule has 0 N–H and O–H groups in total. The summed E-state index contributed by atoms with van der Waals surface area (Å²) in [5.74, 6) is 2.05. The van der Waals surface area contributed by atoms with Crippen molar-refractivity contribution in [2.75, 3.05) is 38.5 Å². The molecular formula is C18H21F2N3OS2. The number of piperazine rings is 1. The predicted octanol–water partition coefficient (Wildman–Crippen LogP) is 3.35. The van der Waals surface area contributed by atoms with Gasteiger partial charge in [0.1, 0.15) is 5.00 Å². The van der Waals surface area contributed by atoms with Crippen LogP contribution >= 0.6 is 23.1 Å². The number of carbonyl (C=O) groups excluding carboxylic acids is 1. The quantitative estimate of drug-likeness (QED) is 0.792. The number of aromatic nitrogens is 1. The number of alkyl halides is 2. The number of halogens is 2. The second kappa shape index (κ2) is 7.70. The lowest BCUT2D eigenvalue weighted by atomic mass is 10.1. The molecule has 2 aliphatic rings. The Morgan fingerprint density at radius 1 is 1.15 bits per heavy atom. The van der Waals surface area contributed by atoms with Gasteiger partial charge in [-0.05, 0) is 29.9 Å². The van der Waals surface area contributed by atoms with E-state index in [0.29, 0.717) is 26.2 Å². The maximum absolute atomic E-state index is 13.3. The van der Waals surface area contributed by atoms with Crippen LogP contribution < -0.4 is 0 Å². The molecule has 0 bridgehead atoms. The number of hydrogen-bond acceptors (Lipinski definition) is 4. The Bertz CT molecular complexity index is 768. The van der Waals surface area contributed by atoms with E-state index in [-0.39, 0.29) is 12.5 Å². The molecule has 2 aliphatic heterocycles. The first-order valence-corrected chi connectivity index (χ1v) is 10.8. The normalized spacial score (nSPS) is 18.3. The molecule has 4 heterocycles. The van der Waals surface area contributed by atoms with Crippen LogP contribution in [0.4, 0.5) is 8.78 Å². The first kappa shape index (κ1) is 18.0. The summed E-state index contributed by atoms with van der Waals surface area (Å²) < 4.78 is 27.2. The Labute approximate surface area is 159 Å². The second-order valence-corrected chi connectivity index (χ2v) is 8.75. The molecule has 0 aliphatic carbocycles. The molecule has 0 unspecified atom stereocenters. The molecule has 140 valence electrons. The smallest absolute Gasteiger partial charge is 0.257 e. The maximum atomic E-state index is 13.3. The van der Waals surface area contributed by atoms with E-state index in [0.717, 1.165) is 28.5 Å². The number of thioether (sulfide) groups is 1. The van der Waals surface area contributed by atoms with Gasteiger partial charge in [-0.3, -0.25) is 9.69 Å². The molecule has 0 aromatic carbocycles. The average molecular weight is 398 g/mol. The highest BCUT2D eigenvalue weighted by Crippen LogP contribution is 2.39. The van der Waals surface area contributed by atoms with Crippen molar-refractivity contribution in [1.29, 1.82) is 0 Å². The van der Waals surface area contributed by atoms with Crippen LogP contribution in [-0.4, -0.2) is 65.2 Å². The van der Waals surface area contributed by atoms with Crippen LogP contribution in [0, 0.1) is 0 Å². The van der Waals surface area contributed by atoms with Gasteiger partial charge >= 0.3 is 0 Å². The lowest BCUT2D eigenvalue weighted by molar-refractivity contribution is 0.0458. The Morgan fingerprint density at radius 3 is 2.58 bits per heavy atom. The van der Waals surface area contributed by atoms with Crippen molar-refractivity contribution in [3.05, 3.63) is 40.5 Å². The average Bonchev–Trinajstić information content (AvgIpc) is 3.28. The number of thiophene rings is 1. The Morgan fingerprint density at radius 2 is 1.88 bits per heavy atom. The zero-order chi connectivity index (χ0) is 18.1. The van der Waals surface area contributed by atoms with E-state index in [1.54, 1.807) is 16.2 Å². The van der Waals surface area contributed by atoms with Crippen LogP contribution in [0.2, 0.25) is 0 Å². The molecule has 0 radical (unpaired) electrons. The van der Waals surface area contributed by atoms with Gasteiger partial charge in [-0.15, -0.1) is 11.3 Å². The van der Waals surface area contributed by atoms with Crippen LogP contribution in [0.15, 0.2) is 24.5 Å². The van der Waals surface area contributed by atoms with Gasteiger partial charge < -0.3 is 9.47 Å². The molecule has 1 fully saturated rings. The highest BCUT2D eigenvalue weighted by Gasteiger charge is 2.31. The summed E-state index contributed by atoms with van der Waals surface area (Å²) >= 11 is 3.61. The fourth-order valence-corrected chi connectivity index (χ4v) is 6.02.